The molecule has 0 radical (unpaired) electrons. The van der Waals surface area contributed by atoms with Crippen LogP contribution in [0.5, 0.6) is 0 Å². The molecule has 1 atom stereocenters. The zero-order chi connectivity index (χ0) is 12.3. The molecule has 0 aliphatic heterocycles. The topological polar surface area (TPSA) is 23.5 Å². The quantitative estimate of drug-likeness (QED) is 0.783. The Kier molecular flexibility index (Phi) is 4.11. The van der Waals surface area contributed by atoms with Crippen molar-refractivity contribution in [2.45, 2.75) is 46.2 Å². The molecule has 90 valence electrons. The van der Waals surface area contributed by atoms with Crippen molar-refractivity contribution in [3.8, 4) is 0 Å². The van der Waals surface area contributed by atoms with E-state index in [1.54, 1.807) is 0 Å². The Morgan fingerprint density at radius 3 is 1.94 bits per heavy atom. The van der Waals surface area contributed by atoms with Gasteiger partial charge in [-0.3, -0.25) is 0 Å². The van der Waals surface area contributed by atoms with E-state index < -0.39 is 0 Å². The fraction of sp³-hybridized carbons (Fsp3) is 0.571. The van der Waals surface area contributed by atoms with Crippen LogP contribution < -0.4 is 0 Å². The van der Waals surface area contributed by atoms with Crippen molar-refractivity contribution in [3.05, 3.63) is 35.9 Å². The van der Waals surface area contributed by atoms with Gasteiger partial charge < -0.3 is 5.21 Å². The zero-order valence-corrected chi connectivity index (χ0v) is 10.9. The Hall–Kier alpha value is -0.860. The van der Waals surface area contributed by atoms with Gasteiger partial charge in [-0.2, -0.15) is 5.06 Å². The minimum Gasteiger partial charge on any atom is -0.313 e. The fourth-order valence-corrected chi connectivity index (χ4v) is 1.88. The fourth-order valence-electron chi connectivity index (χ4n) is 1.88. The summed E-state index contributed by atoms with van der Waals surface area (Å²) in [5, 5.41) is 11.8. The SMILES string of the molecule is CC(C)C(c1ccccc1)N(O)C(C)(C)C. The van der Waals surface area contributed by atoms with E-state index in [0.717, 1.165) is 5.56 Å². The molecule has 1 rings (SSSR count). The van der Waals surface area contributed by atoms with Crippen molar-refractivity contribution in [3.63, 3.8) is 0 Å². The van der Waals surface area contributed by atoms with E-state index in [-0.39, 0.29) is 11.6 Å². The average molecular weight is 221 g/mol. The first-order valence-electron chi connectivity index (χ1n) is 5.87. The summed E-state index contributed by atoms with van der Waals surface area (Å²) in [4.78, 5) is 0. The molecule has 2 heteroatoms. The molecule has 0 aliphatic rings. The number of hydroxylamine groups is 2. The minimum atomic E-state index is -0.245. The largest absolute Gasteiger partial charge is 0.313 e. The highest BCUT2D eigenvalue weighted by molar-refractivity contribution is 5.19. The number of benzene rings is 1. The summed E-state index contributed by atoms with van der Waals surface area (Å²) in [6, 6.07) is 10.2. The Morgan fingerprint density at radius 2 is 1.56 bits per heavy atom. The maximum absolute atomic E-state index is 10.3. The van der Waals surface area contributed by atoms with Crippen LogP contribution in [0.3, 0.4) is 0 Å². The molecule has 0 saturated carbocycles. The van der Waals surface area contributed by atoms with Crippen molar-refractivity contribution in [1.29, 1.82) is 0 Å². The first-order valence-corrected chi connectivity index (χ1v) is 5.87. The molecule has 1 aromatic rings. The van der Waals surface area contributed by atoms with E-state index in [0.29, 0.717) is 5.92 Å². The van der Waals surface area contributed by atoms with Gasteiger partial charge in [-0.15, -0.1) is 0 Å². The second-order valence-corrected chi connectivity index (χ2v) is 5.61. The predicted octanol–water partition coefficient (Wildman–Crippen LogP) is 3.87. The van der Waals surface area contributed by atoms with Crippen LogP contribution in [0.4, 0.5) is 0 Å². The first-order chi connectivity index (χ1) is 7.34. The average Bonchev–Trinajstić information content (AvgIpc) is 2.17. The zero-order valence-electron chi connectivity index (χ0n) is 10.9. The summed E-state index contributed by atoms with van der Waals surface area (Å²) in [5.74, 6) is 0.367. The molecule has 0 heterocycles. The summed E-state index contributed by atoms with van der Waals surface area (Å²) in [7, 11) is 0. The van der Waals surface area contributed by atoms with E-state index in [1.165, 1.54) is 5.06 Å². The van der Waals surface area contributed by atoms with E-state index in [1.807, 2.05) is 39.0 Å². The van der Waals surface area contributed by atoms with Crippen molar-refractivity contribution in [1.82, 2.24) is 5.06 Å². The lowest BCUT2D eigenvalue weighted by atomic mass is 9.92. The van der Waals surface area contributed by atoms with Crippen LogP contribution in [0, 0.1) is 5.92 Å². The number of nitrogens with zero attached hydrogens (tertiary/aromatic N) is 1. The lowest BCUT2D eigenvalue weighted by molar-refractivity contribution is -0.199. The lowest BCUT2D eigenvalue weighted by Gasteiger charge is -2.38. The molecule has 0 amide bonds. The molecule has 0 saturated heterocycles. The highest BCUT2D eigenvalue weighted by Crippen LogP contribution is 2.31. The van der Waals surface area contributed by atoms with Crippen LogP contribution in [0.25, 0.3) is 0 Å². The number of hydrogen-bond donors (Lipinski definition) is 1. The van der Waals surface area contributed by atoms with Gasteiger partial charge in [0.15, 0.2) is 0 Å². The van der Waals surface area contributed by atoms with E-state index in [4.69, 9.17) is 0 Å². The van der Waals surface area contributed by atoms with Gasteiger partial charge >= 0.3 is 0 Å². The summed E-state index contributed by atoms with van der Waals surface area (Å²) in [6.45, 7) is 10.3. The number of rotatable bonds is 3. The normalized spacial score (nSPS) is 14.5. The highest BCUT2D eigenvalue weighted by Gasteiger charge is 2.30. The van der Waals surface area contributed by atoms with Crippen LogP contribution >= 0.6 is 0 Å². The Bertz CT molecular complexity index is 313. The molecule has 0 fully saturated rings. The molecule has 2 nitrogen and oxygen atoms in total. The smallest absolute Gasteiger partial charge is 0.0628 e. The summed E-state index contributed by atoms with van der Waals surface area (Å²) < 4.78 is 0. The van der Waals surface area contributed by atoms with Crippen LogP contribution in [-0.2, 0) is 0 Å². The molecular formula is C14H23NO. The summed E-state index contributed by atoms with van der Waals surface area (Å²) in [5.41, 5.74) is 0.917. The molecule has 1 unspecified atom stereocenters. The van der Waals surface area contributed by atoms with Crippen molar-refractivity contribution < 1.29 is 5.21 Å². The third-order valence-electron chi connectivity index (χ3n) is 2.72. The van der Waals surface area contributed by atoms with Crippen molar-refractivity contribution >= 4 is 0 Å². The first kappa shape index (κ1) is 13.2. The standard InChI is InChI=1S/C14H23NO/c1-11(2)13(15(16)14(3,4)5)12-9-7-6-8-10-12/h6-11,13,16H,1-5H3. The van der Waals surface area contributed by atoms with E-state index in [9.17, 15) is 5.21 Å². The second-order valence-electron chi connectivity index (χ2n) is 5.61. The summed E-state index contributed by atoms with van der Waals surface area (Å²) in [6.07, 6.45) is 0. The third kappa shape index (κ3) is 3.06. The predicted molar refractivity (Wildman–Crippen MR) is 67.4 cm³/mol. The van der Waals surface area contributed by atoms with Crippen LogP contribution in [0.1, 0.15) is 46.2 Å². The van der Waals surface area contributed by atoms with Gasteiger partial charge in [0, 0.05) is 5.54 Å². The monoisotopic (exact) mass is 221 g/mol. The van der Waals surface area contributed by atoms with Crippen molar-refractivity contribution in [2.75, 3.05) is 0 Å². The van der Waals surface area contributed by atoms with Crippen LogP contribution in [-0.4, -0.2) is 15.8 Å². The third-order valence-corrected chi connectivity index (χ3v) is 2.72. The van der Waals surface area contributed by atoms with Gasteiger partial charge in [-0.05, 0) is 32.3 Å². The molecule has 1 N–H and O–H groups in total. The maximum atomic E-state index is 10.3. The van der Waals surface area contributed by atoms with Crippen LogP contribution in [0.15, 0.2) is 30.3 Å². The Morgan fingerprint density at radius 1 is 1.06 bits per heavy atom. The maximum Gasteiger partial charge on any atom is 0.0628 e. The molecule has 0 aliphatic carbocycles. The van der Waals surface area contributed by atoms with Gasteiger partial charge in [-0.25, -0.2) is 0 Å². The second kappa shape index (κ2) is 4.98. The lowest BCUT2D eigenvalue weighted by Crippen LogP contribution is -2.43. The molecule has 0 spiro atoms. The van der Waals surface area contributed by atoms with Gasteiger partial charge in [0.05, 0.1) is 6.04 Å². The highest BCUT2D eigenvalue weighted by atomic mass is 16.5. The number of hydrogen-bond acceptors (Lipinski definition) is 2. The van der Waals surface area contributed by atoms with Gasteiger partial charge in [0.1, 0.15) is 0 Å². The Balaban J connectivity index is 3.02. The molecule has 0 aromatic heterocycles. The van der Waals surface area contributed by atoms with Gasteiger partial charge in [-0.1, -0.05) is 44.2 Å². The molecular weight excluding hydrogens is 198 g/mol. The van der Waals surface area contributed by atoms with E-state index >= 15 is 0 Å². The van der Waals surface area contributed by atoms with Crippen molar-refractivity contribution in [2.24, 2.45) is 5.92 Å². The molecule has 1 aromatic carbocycles. The van der Waals surface area contributed by atoms with Gasteiger partial charge in [0.2, 0.25) is 0 Å². The minimum absolute atomic E-state index is 0.0428. The van der Waals surface area contributed by atoms with Crippen LogP contribution in [0.2, 0.25) is 0 Å². The summed E-state index contributed by atoms with van der Waals surface area (Å²) >= 11 is 0. The van der Waals surface area contributed by atoms with Gasteiger partial charge in [0.25, 0.3) is 0 Å². The molecule has 16 heavy (non-hydrogen) atoms. The molecule has 0 bridgehead atoms. The van der Waals surface area contributed by atoms with E-state index in [2.05, 4.69) is 26.0 Å². The Labute approximate surface area is 98.9 Å².